The number of hydrogen-bond acceptors (Lipinski definition) is 4. The summed E-state index contributed by atoms with van der Waals surface area (Å²) in [6.45, 7) is 0. The smallest absolute Gasteiger partial charge is 0.236 e. The van der Waals surface area contributed by atoms with Crippen LogP contribution >= 0.6 is 15.9 Å². The predicted molar refractivity (Wildman–Crippen MR) is 65.7 cm³/mol. The number of nitrogens with zero attached hydrogens (tertiary/aromatic N) is 1. The molecule has 5 heteroatoms. The van der Waals surface area contributed by atoms with Gasteiger partial charge in [-0.05, 0) is 18.2 Å². The standard InChI is InChI=1S/C12H10BrNO3/c1-15-10-5-9(13)4-7-3-8(6-14)12(16-2)17-11(7)10/h3-5,12H,1-2H3. The molecule has 1 atom stereocenters. The van der Waals surface area contributed by atoms with E-state index in [2.05, 4.69) is 22.0 Å². The molecule has 1 aliphatic heterocycles. The molecule has 0 saturated carbocycles. The molecule has 1 heterocycles. The molecule has 1 aromatic carbocycles. The number of rotatable bonds is 2. The van der Waals surface area contributed by atoms with Gasteiger partial charge in [0.2, 0.25) is 6.29 Å². The first kappa shape index (κ1) is 12.0. The quantitative estimate of drug-likeness (QED) is 0.842. The van der Waals surface area contributed by atoms with Gasteiger partial charge in [0.05, 0.1) is 12.7 Å². The van der Waals surface area contributed by atoms with Gasteiger partial charge in [0.1, 0.15) is 6.07 Å². The van der Waals surface area contributed by atoms with Gasteiger partial charge in [0.25, 0.3) is 0 Å². The van der Waals surface area contributed by atoms with Crippen LogP contribution in [0.25, 0.3) is 6.08 Å². The molecule has 0 fully saturated rings. The number of benzene rings is 1. The molecule has 1 aromatic rings. The number of ether oxygens (including phenoxy) is 3. The highest BCUT2D eigenvalue weighted by molar-refractivity contribution is 9.10. The van der Waals surface area contributed by atoms with Gasteiger partial charge in [0, 0.05) is 17.1 Å². The minimum absolute atomic E-state index is 0.431. The van der Waals surface area contributed by atoms with E-state index in [1.54, 1.807) is 19.3 Å². The molecule has 17 heavy (non-hydrogen) atoms. The molecular formula is C12H10BrNO3. The van der Waals surface area contributed by atoms with Crippen LogP contribution in [0.2, 0.25) is 0 Å². The predicted octanol–water partition coefficient (Wildman–Crippen LogP) is 2.73. The zero-order valence-electron chi connectivity index (χ0n) is 9.36. The van der Waals surface area contributed by atoms with Gasteiger partial charge >= 0.3 is 0 Å². The lowest BCUT2D eigenvalue weighted by Crippen LogP contribution is -2.24. The molecule has 2 rings (SSSR count). The van der Waals surface area contributed by atoms with Gasteiger partial charge < -0.3 is 14.2 Å². The second kappa shape index (κ2) is 4.78. The maximum Gasteiger partial charge on any atom is 0.236 e. The molecule has 0 bridgehead atoms. The lowest BCUT2D eigenvalue weighted by molar-refractivity contribution is -0.0242. The summed E-state index contributed by atoms with van der Waals surface area (Å²) in [6, 6.07) is 5.72. The average Bonchev–Trinajstić information content (AvgIpc) is 2.35. The Hall–Kier alpha value is -1.51. The molecule has 88 valence electrons. The Bertz CT molecular complexity index is 519. The minimum atomic E-state index is -0.678. The minimum Gasteiger partial charge on any atom is -0.493 e. The van der Waals surface area contributed by atoms with E-state index < -0.39 is 6.29 Å². The summed E-state index contributed by atoms with van der Waals surface area (Å²) in [5, 5.41) is 8.99. The van der Waals surface area contributed by atoms with Crippen LogP contribution in [-0.4, -0.2) is 20.5 Å². The van der Waals surface area contributed by atoms with Crippen LogP contribution in [0.3, 0.4) is 0 Å². The van der Waals surface area contributed by atoms with Gasteiger partial charge in [-0.15, -0.1) is 0 Å². The van der Waals surface area contributed by atoms with Crippen molar-refractivity contribution in [1.29, 1.82) is 5.26 Å². The van der Waals surface area contributed by atoms with E-state index >= 15 is 0 Å². The summed E-state index contributed by atoms with van der Waals surface area (Å²) in [6.07, 6.45) is 1.06. The Morgan fingerprint density at radius 1 is 1.41 bits per heavy atom. The normalized spacial score (nSPS) is 17.5. The van der Waals surface area contributed by atoms with Gasteiger partial charge in [-0.3, -0.25) is 0 Å². The summed E-state index contributed by atoms with van der Waals surface area (Å²) >= 11 is 3.38. The van der Waals surface area contributed by atoms with Gasteiger partial charge in [-0.2, -0.15) is 5.26 Å². The van der Waals surface area contributed by atoms with Crippen LogP contribution < -0.4 is 9.47 Å². The largest absolute Gasteiger partial charge is 0.493 e. The lowest BCUT2D eigenvalue weighted by Gasteiger charge is -2.24. The fraction of sp³-hybridized carbons (Fsp3) is 0.250. The topological polar surface area (TPSA) is 51.5 Å². The molecule has 0 aromatic heterocycles. The molecule has 0 aliphatic carbocycles. The van der Waals surface area contributed by atoms with E-state index in [4.69, 9.17) is 19.5 Å². The Morgan fingerprint density at radius 3 is 2.76 bits per heavy atom. The molecule has 0 spiro atoms. The Balaban J connectivity index is 2.57. The van der Waals surface area contributed by atoms with Crippen LogP contribution in [0.15, 0.2) is 22.2 Å². The molecule has 0 radical (unpaired) electrons. The van der Waals surface area contributed by atoms with Crippen LogP contribution in [0.1, 0.15) is 5.56 Å². The summed E-state index contributed by atoms with van der Waals surface area (Å²) in [5.41, 5.74) is 1.22. The van der Waals surface area contributed by atoms with E-state index in [0.717, 1.165) is 10.0 Å². The molecular weight excluding hydrogens is 286 g/mol. The van der Waals surface area contributed by atoms with Crippen molar-refractivity contribution in [2.24, 2.45) is 0 Å². The monoisotopic (exact) mass is 295 g/mol. The molecule has 0 N–H and O–H groups in total. The zero-order chi connectivity index (χ0) is 12.4. The maximum atomic E-state index is 8.99. The fourth-order valence-corrected chi connectivity index (χ4v) is 2.09. The zero-order valence-corrected chi connectivity index (χ0v) is 10.9. The van der Waals surface area contributed by atoms with Crippen molar-refractivity contribution in [3.8, 4) is 17.6 Å². The van der Waals surface area contributed by atoms with Crippen LogP contribution in [0.5, 0.6) is 11.5 Å². The van der Waals surface area contributed by atoms with E-state index in [-0.39, 0.29) is 0 Å². The first-order valence-electron chi connectivity index (χ1n) is 4.88. The van der Waals surface area contributed by atoms with Gasteiger partial charge in [0.15, 0.2) is 11.5 Å². The van der Waals surface area contributed by atoms with Crippen LogP contribution in [-0.2, 0) is 4.74 Å². The SMILES string of the molecule is COc1cc(Br)cc2c1OC(OC)C(C#N)=C2. The summed E-state index contributed by atoms with van der Waals surface area (Å²) in [7, 11) is 3.06. The van der Waals surface area contributed by atoms with Crippen molar-refractivity contribution in [3.63, 3.8) is 0 Å². The van der Waals surface area contributed by atoms with Gasteiger partial charge in [-0.1, -0.05) is 15.9 Å². The van der Waals surface area contributed by atoms with Crippen molar-refractivity contribution in [1.82, 2.24) is 0 Å². The number of hydrogen-bond donors (Lipinski definition) is 0. The lowest BCUT2D eigenvalue weighted by atomic mass is 10.1. The summed E-state index contributed by atoms with van der Waals surface area (Å²) < 4.78 is 16.8. The first-order valence-corrected chi connectivity index (χ1v) is 5.67. The number of methoxy groups -OCH3 is 2. The average molecular weight is 296 g/mol. The van der Waals surface area contributed by atoms with E-state index in [9.17, 15) is 0 Å². The van der Waals surface area contributed by atoms with Crippen molar-refractivity contribution in [2.45, 2.75) is 6.29 Å². The second-order valence-electron chi connectivity index (χ2n) is 3.42. The second-order valence-corrected chi connectivity index (χ2v) is 4.34. The number of nitriles is 1. The summed E-state index contributed by atoms with van der Waals surface area (Å²) in [5.74, 6) is 1.19. The molecule has 0 saturated heterocycles. The Morgan fingerprint density at radius 2 is 2.18 bits per heavy atom. The molecule has 0 amide bonds. The van der Waals surface area contributed by atoms with Crippen LogP contribution in [0, 0.1) is 11.3 Å². The number of fused-ring (bicyclic) bond motifs is 1. The van der Waals surface area contributed by atoms with Crippen molar-refractivity contribution < 1.29 is 14.2 Å². The molecule has 1 unspecified atom stereocenters. The summed E-state index contributed by atoms with van der Waals surface area (Å²) in [4.78, 5) is 0. The van der Waals surface area contributed by atoms with Gasteiger partial charge in [-0.25, -0.2) is 0 Å². The maximum absolute atomic E-state index is 8.99. The van der Waals surface area contributed by atoms with Crippen molar-refractivity contribution in [3.05, 3.63) is 27.7 Å². The fourth-order valence-electron chi connectivity index (χ4n) is 1.64. The highest BCUT2D eigenvalue weighted by atomic mass is 79.9. The van der Waals surface area contributed by atoms with E-state index in [0.29, 0.717) is 17.1 Å². The third-order valence-corrected chi connectivity index (χ3v) is 2.86. The Labute approximate surface area is 108 Å². The molecule has 1 aliphatic rings. The van der Waals surface area contributed by atoms with E-state index in [1.807, 2.05) is 6.07 Å². The third-order valence-electron chi connectivity index (χ3n) is 2.40. The van der Waals surface area contributed by atoms with E-state index in [1.165, 1.54) is 7.11 Å². The number of halogens is 1. The first-order chi connectivity index (χ1) is 8.19. The Kier molecular flexibility index (Phi) is 3.36. The third kappa shape index (κ3) is 2.14. The highest BCUT2D eigenvalue weighted by Gasteiger charge is 2.25. The van der Waals surface area contributed by atoms with Crippen molar-refractivity contribution >= 4 is 22.0 Å². The molecule has 4 nitrogen and oxygen atoms in total. The highest BCUT2D eigenvalue weighted by Crippen LogP contribution is 2.40. The van der Waals surface area contributed by atoms with Crippen molar-refractivity contribution in [2.75, 3.05) is 14.2 Å². The van der Waals surface area contributed by atoms with Crippen LogP contribution in [0.4, 0.5) is 0 Å².